The summed E-state index contributed by atoms with van der Waals surface area (Å²) in [7, 11) is 0. The molecule has 3 N–H and O–H groups in total. The van der Waals surface area contributed by atoms with E-state index < -0.39 is 0 Å². The van der Waals surface area contributed by atoms with E-state index in [1.807, 2.05) is 18.3 Å². The molecule has 1 aromatic heterocycles. The molecule has 5 nitrogen and oxygen atoms in total. The minimum absolute atomic E-state index is 0.0305. The Morgan fingerprint density at radius 1 is 1.40 bits per heavy atom. The number of hydrogen-bond donors (Lipinski definition) is 3. The van der Waals surface area contributed by atoms with Gasteiger partial charge < -0.3 is 20.4 Å². The van der Waals surface area contributed by atoms with E-state index in [0.717, 1.165) is 18.5 Å². The summed E-state index contributed by atoms with van der Waals surface area (Å²) in [4.78, 5) is 15.1. The van der Waals surface area contributed by atoms with Crippen LogP contribution in [-0.4, -0.2) is 43.2 Å². The quantitative estimate of drug-likeness (QED) is 0.772. The highest BCUT2D eigenvalue weighted by Crippen LogP contribution is 2.17. The van der Waals surface area contributed by atoms with Gasteiger partial charge in [-0.05, 0) is 18.1 Å². The van der Waals surface area contributed by atoms with Crippen molar-refractivity contribution in [1.82, 2.24) is 15.6 Å². The lowest BCUT2D eigenvalue weighted by Crippen LogP contribution is -2.48. The first-order chi connectivity index (χ1) is 9.84. The smallest absolute Gasteiger partial charge is 0.250 e. The summed E-state index contributed by atoms with van der Waals surface area (Å²) in [5.41, 5.74) is 2.36. The molecule has 0 radical (unpaired) electrons. The molecule has 1 aromatic carbocycles. The third-order valence-electron chi connectivity index (χ3n) is 3.59. The number of fused-ring (bicyclic) bond motifs is 1. The van der Waals surface area contributed by atoms with Crippen molar-refractivity contribution in [2.75, 3.05) is 26.2 Å². The van der Waals surface area contributed by atoms with E-state index in [0.29, 0.717) is 19.7 Å². The first kappa shape index (κ1) is 13.1. The molecular weight excluding hydrogens is 254 g/mol. The molecule has 1 aliphatic heterocycles. The zero-order valence-electron chi connectivity index (χ0n) is 11.3. The van der Waals surface area contributed by atoms with Crippen molar-refractivity contribution in [2.24, 2.45) is 0 Å². The van der Waals surface area contributed by atoms with Crippen LogP contribution in [0.4, 0.5) is 0 Å². The lowest BCUT2D eigenvalue weighted by Gasteiger charge is -2.22. The Hall–Kier alpha value is -1.85. The Labute approximate surface area is 117 Å². The number of ether oxygens (including phenoxy) is 1. The van der Waals surface area contributed by atoms with Crippen molar-refractivity contribution in [1.29, 1.82) is 0 Å². The van der Waals surface area contributed by atoms with Crippen LogP contribution < -0.4 is 10.6 Å². The highest BCUT2D eigenvalue weighted by Gasteiger charge is 2.21. The SMILES string of the molecule is O=C(NCCc1c[nH]c2ccccc12)C1CNCCO1. The maximum atomic E-state index is 11.9. The highest BCUT2D eigenvalue weighted by atomic mass is 16.5. The number of carbonyl (C=O) groups excluding carboxylic acids is 1. The molecule has 2 aromatic rings. The predicted octanol–water partition coefficient (Wildman–Crippen LogP) is 0.815. The molecule has 1 saturated heterocycles. The highest BCUT2D eigenvalue weighted by molar-refractivity contribution is 5.83. The Morgan fingerprint density at radius 2 is 2.30 bits per heavy atom. The number of nitrogens with one attached hydrogen (secondary N) is 3. The van der Waals surface area contributed by atoms with Crippen molar-refractivity contribution in [3.63, 3.8) is 0 Å². The van der Waals surface area contributed by atoms with Gasteiger partial charge in [-0.3, -0.25) is 4.79 Å². The first-order valence-corrected chi connectivity index (χ1v) is 6.99. The standard InChI is InChI=1S/C15H19N3O2/c19-15(14-10-16-7-8-20-14)17-6-5-11-9-18-13-4-2-1-3-12(11)13/h1-4,9,14,16,18H,5-8,10H2,(H,17,19). The summed E-state index contributed by atoms with van der Waals surface area (Å²) in [6, 6.07) is 8.19. The third kappa shape index (κ3) is 2.84. The largest absolute Gasteiger partial charge is 0.366 e. The molecule has 0 spiro atoms. The Morgan fingerprint density at radius 3 is 3.15 bits per heavy atom. The molecule has 1 unspecified atom stereocenters. The number of hydrogen-bond acceptors (Lipinski definition) is 3. The van der Waals surface area contributed by atoms with Crippen LogP contribution in [0, 0.1) is 0 Å². The van der Waals surface area contributed by atoms with Gasteiger partial charge in [-0.25, -0.2) is 0 Å². The van der Waals surface area contributed by atoms with Crippen LogP contribution in [0.5, 0.6) is 0 Å². The summed E-state index contributed by atoms with van der Waals surface area (Å²) >= 11 is 0. The summed E-state index contributed by atoms with van der Waals surface area (Å²) in [5.74, 6) is -0.0305. The van der Waals surface area contributed by atoms with Gasteiger partial charge in [0.15, 0.2) is 0 Å². The van der Waals surface area contributed by atoms with Gasteiger partial charge in [0.1, 0.15) is 6.10 Å². The summed E-state index contributed by atoms with van der Waals surface area (Å²) in [6.45, 7) is 2.64. The number of H-pyrrole nitrogens is 1. The lowest BCUT2D eigenvalue weighted by molar-refractivity contribution is -0.134. The van der Waals surface area contributed by atoms with Crippen LogP contribution in [0.3, 0.4) is 0 Å². The van der Waals surface area contributed by atoms with Crippen LogP contribution in [0.1, 0.15) is 5.56 Å². The fraction of sp³-hybridized carbons (Fsp3) is 0.400. The van der Waals surface area contributed by atoms with Gasteiger partial charge in [-0.2, -0.15) is 0 Å². The van der Waals surface area contributed by atoms with Gasteiger partial charge in [0.2, 0.25) is 5.91 Å². The van der Waals surface area contributed by atoms with E-state index in [-0.39, 0.29) is 12.0 Å². The Kier molecular flexibility index (Phi) is 3.99. The monoisotopic (exact) mass is 273 g/mol. The van der Waals surface area contributed by atoms with Crippen molar-refractivity contribution >= 4 is 16.8 Å². The molecule has 5 heteroatoms. The molecule has 0 aliphatic carbocycles. The molecule has 1 amide bonds. The van der Waals surface area contributed by atoms with Crippen molar-refractivity contribution in [3.05, 3.63) is 36.0 Å². The van der Waals surface area contributed by atoms with Crippen LogP contribution in [0.2, 0.25) is 0 Å². The summed E-state index contributed by atoms with van der Waals surface area (Å²) in [5, 5.41) is 7.31. The Balaban J connectivity index is 1.53. The van der Waals surface area contributed by atoms with Crippen molar-refractivity contribution in [3.8, 4) is 0 Å². The number of aromatic amines is 1. The Bertz CT molecular complexity index is 588. The molecule has 3 rings (SSSR count). The summed E-state index contributed by atoms with van der Waals surface area (Å²) < 4.78 is 5.42. The number of carbonyl (C=O) groups is 1. The second-order valence-corrected chi connectivity index (χ2v) is 4.96. The molecule has 1 fully saturated rings. The molecule has 0 saturated carbocycles. The van der Waals surface area contributed by atoms with Crippen molar-refractivity contribution < 1.29 is 9.53 Å². The minimum atomic E-state index is -0.355. The van der Waals surface area contributed by atoms with Gasteiger partial charge in [-0.1, -0.05) is 18.2 Å². The first-order valence-electron chi connectivity index (χ1n) is 6.99. The normalized spacial score (nSPS) is 19.1. The van der Waals surface area contributed by atoms with Gasteiger partial charge in [0, 0.05) is 36.7 Å². The molecule has 2 heterocycles. The molecule has 0 bridgehead atoms. The summed E-state index contributed by atoms with van der Waals surface area (Å²) in [6.07, 6.45) is 2.47. The van der Waals surface area contributed by atoms with E-state index in [2.05, 4.69) is 27.8 Å². The second-order valence-electron chi connectivity index (χ2n) is 4.96. The molecule has 1 aliphatic rings. The zero-order chi connectivity index (χ0) is 13.8. The van der Waals surface area contributed by atoms with Crippen LogP contribution >= 0.6 is 0 Å². The van der Waals surface area contributed by atoms with Crippen molar-refractivity contribution in [2.45, 2.75) is 12.5 Å². The van der Waals surface area contributed by atoms with E-state index >= 15 is 0 Å². The molecule has 106 valence electrons. The van der Waals surface area contributed by atoms with E-state index in [1.54, 1.807) is 0 Å². The zero-order valence-corrected chi connectivity index (χ0v) is 11.3. The third-order valence-corrected chi connectivity index (χ3v) is 3.59. The number of aromatic nitrogens is 1. The molecule has 20 heavy (non-hydrogen) atoms. The number of benzene rings is 1. The number of morpholine rings is 1. The number of para-hydroxylation sites is 1. The second kappa shape index (κ2) is 6.07. The maximum absolute atomic E-state index is 11.9. The van der Waals surface area contributed by atoms with Gasteiger partial charge in [0.25, 0.3) is 0 Å². The average molecular weight is 273 g/mol. The van der Waals surface area contributed by atoms with E-state index in [4.69, 9.17) is 4.74 Å². The topological polar surface area (TPSA) is 66.2 Å². The van der Waals surface area contributed by atoms with Crippen LogP contribution in [0.25, 0.3) is 10.9 Å². The predicted molar refractivity (Wildman–Crippen MR) is 77.6 cm³/mol. The average Bonchev–Trinajstić information content (AvgIpc) is 2.92. The fourth-order valence-corrected chi connectivity index (χ4v) is 2.51. The molecule has 1 atom stereocenters. The van der Waals surface area contributed by atoms with Gasteiger partial charge in [0.05, 0.1) is 6.61 Å². The van der Waals surface area contributed by atoms with Gasteiger partial charge in [-0.15, -0.1) is 0 Å². The maximum Gasteiger partial charge on any atom is 0.250 e. The number of amides is 1. The van der Waals surface area contributed by atoms with Crippen LogP contribution in [0.15, 0.2) is 30.5 Å². The van der Waals surface area contributed by atoms with E-state index in [1.165, 1.54) is 10.9 Å². The molecular formula is C15H19N3O2. The van der Waals surface area contributed by atoms with E-state index in [9.17, 15) is 4.79 Å². The lowest BCUT2D eigenvalue weighted by atomic mass is 10.1. The van der Waals surface area contributed by atoms with Gasteiger partial charge >= 0.3 is 0 Å². The number of rotatable bonds is 4. The van der Waals surface area contributed by atoms with Crippen LogP contribution in [-0.2, 0) is 16.0 Å². The minimum Gasteiger partial charge on any atom is -0.366 e. The fourth-order valence-electron chi connectivity index (χ4n) is 2.51.